The van der Waals surface area contributed by atoms with Gasteiger partial charge in [-0.1, -0.05) is 18.2 Å². The lowest BCUT2D eigenvalue weighted by Crippen LogP contribution is -1.97. The number of benzene rings is 2. The van der Waals surface area contributed by atoms with Gasteiger partial charge in [0, 0.05) is 5.56 Å². The van der Waals surface area contributed by atoms with Crippen molar-refractivity contribution in [1.82, 2.24) is 0 Å². The van der Waals surface area contributed by atoms with Gasteiger partial charge in [-0.3, -0.25) is 0 Å². The number of rotatable bonds is 8. The molecule has 0 aliphatic carbocycles. The summed E-state index contributed by atoms with van der Waals surface area (Å²) in [6.45, 7) is 0. The van der Waals surface area contributed by atoms with Crippen molar-refractivity contribution in [2.45, 2.75) is 6.42 Å². The minimum atomic E-state index is 0.259. The average molecular weight is 369 g/mol. The van der Waals surface area contributed by atoms with Crippen LogP contribution in [0.3, 0.4) is 0 Å². The van der Waals surface area contributed by atoms with Crippen LogP contribution in [0.2, 0.25) is 0 Å². The third kappa shape index (κ3) is 4.26. The fourth-order valence-electron chi connectivity index (χ4n) is 2.79. The van der Waals surface area contributed by atoms with E-state index in [-0.39, 0.29) is 6.42 Å². The van der Waals surface area contributed by atoms with Gasteiger partial charge < -0.3 is 23.7 Å². The minimum Gasteiger partial charge on any atom is -0.493 e. The van der Waals surface area contributed by atoms with Crippen LogP contribution in [0, 0.1) is 11.3 Å². The summed E-state index contributed by atoms with van der Waals surface area (Å²) in [5, 5.41) is 9.12. The van der Waals surface area contributed by atoms with Crippen LogP contribution in [0.15, 0.2) is 24.3 Å². The van der Waals surface area contributed by atoms with Crippen LogP contribution < -0.4 is 23.7 Å². The standard InChI is InChI=1S/C21H23NO5/c1-23-17-9-7-15(10-11-22)16(20(17)26-4)8-6-14-12-18(24-2)21(27-5)19(13-14)25-3/h6-9,12-13H,10H2,1-5H3/b8-6+. The number of hydrogen-bond donors (Lipinski definition) is 0. The Kier molecular flexibility index (Phi) is 6.95. The molecule has 6 heteroatoms. The van der Waals surface area contributed by atoms with Crippen molar-refractivity contribution in [3.05, 3.63) is 41.0 Å². The van der Waals surface area contributed by atoms with E-state index < -0.39 is 0 Å². The highest BCUT2D eigenvalue weighted by atomic mass is 16.5. The second-order valence-corrected chi connectivity index (χ2v) is 5.50. The maximum absolute atomic E-state index is 9.12. The number of methoxy groups -OCH3 is 5. The Hall–Kier alpha value is -3.33. The van der Waals surface area contributed by atoms with Crippen molar-refractivity contribution in [3.63, 3.8) is 0 Å². The van der Waals surface area contributed by atoms with Gasteiger partial charge in [0.15, 0.2) is 23.0 Å². The van der Waals surface area contributed by atoms with E-state index in [9.17, 15) is 0 Å². The van der Waals surface area contributed by atoms with Crippen molar-refractivity contribution >= 4 is 12.2 Å². The van der Waals surface area contributed by atoms with Crippen LogP contribution in [-0.4, -0.2) is 35.5 Å². The van der Waals surface area contributed by atoms with E-state index in [2.05, 4.69) is 6.07 Å². The van der Waals surface area contributed by atoms with Crippen molar-refractivity contribution in [1.29, 1.82) is 5.26 Å². The van der Waals surface area contributed by atoms with E-state index in [4.69, 9.17) is 28.9 Å². The number of nitriles is 1. The van der Waals surface area contributed by atoms with Crippen LogP contribution in [-0.2, 0) is 6.42 Å². The lowest BCUT2D eigenvalue weighted by atomic mass is 10.0. The molecule has 0 saturated carbocycles. The summed E-state index contributed by atoms with van der Waals surface area (Å²) in [6, 6.07) is 9.51. The molecule has 2 aromatic carbocycles. The first-order valence-electron chi connectivity index (χ1n) is 8.22. The molecule has 0 aromatic heterocycles. The summed E-state index contributed by atoms with van der Waals surface area (Å²) in [5.74, 6) is 2.83. The molecule has 0 aliphatic heterocycles. The lowest BCUT2D eigenvalue weighted by molar-refractivity contribution is 0.324. The summed E-state index contributed by atoms with van der Waals surface area (Å²) >= 11 is 0. The van der Waals surface area contributed by atoms with E-state index >= 15 is 0 Å². The zero-order valence-corrected chi connectivity index (χ0v) is 16.2. The summed E-state index contributed by atoms with van der Waals surface area (Å²) in [4.78, 5) is 0. The van der Waals surface area contributed by atoms with Crippen molar-refractivity contribution in [2.24, 2.45) is 0 Å². The molecule has 0 heterocycles. The monoisotopic (exact) mass is 369 g/mol. The van der Waals surface area contributed by atoms with Gasteiger partial charge in [0.1, 0.15) is 0 Å². The van der Waals surface area contributed by atoms with Crippen molar-refractivity contribution < 1.29 is 23.7 Å². The normalized spacial score (nSPS) is 10.4. The largest absolute Gasteiger partial charge is 0.493 e. The molecule has 142 valence electrons. The third-order valence-electron chi connectivity index (χ3n) is 4.07. The molecule has 0 radical (unpaired) electrons. The highest BCUT2D eigenvalue weighted by Crippen LogP contribution is 2.39. The Morgan fingerprint density at radius 1 is 0.778 bits per heavy atom. The summed E-state index contributed by atoms with van der Waals surface area (Å²) in [5.41, 5.74) is 2.48. The Bertz CT molecular complexity index is 843. The predicted molar refractivity (Wildman–Crippen MR) is 104 cm³/mol. The highest BCUT2D eigenvalue weighted by Gasteiger charge is 2.14. The summed E-state index contributed by atoms with van der Waals surface area (Å²) in [7, 11) is 7.85. The second kappa shape index (κ2) is 9.39. The molecule has 6 nitrogen and oxygen atoms in total. The Morgan fingerprint density at radius 3 is 1.85 bits per heavy atom. The quantitative estimate of drug-likeness (QED) is 0.656. The molecule has 0 N–H and O–H groups in total. The predicted octanol–water partition coefficient (Wildman–Crippen LogP) is 3.97. The van der Waals surface area contributed by atoms with Gasteiger partial charge in [-0.15, -0.1) is 0 Å². The topological polar surface area (TPSA) is 69.9 Å². The van der Waals surface area contributed by atoms with Crippen LogP contribution in [0.25, 0.3) is 12.2 Å². The zero-order chi connectivity index (χ0) is 19.8. The first-order chi connectivity index (χ1) is 13.1. The van der Waals surface area contributed by atoms with Crippen molar-refractivity contribution in [2.75, 3.05) is 35.5 Å². The van der Waals surface area contributed by atoms with Gasteiger partial charge >= 0.3 is 0 Å². The SMILES string of the molecule is COc1cc(/C=C/c2c(CC#N)ccc(OC)c2OC)cc(OC)c1OC. The molecule has 0 unspecified atom stereocenters. The van der Waals surface area contributed by atoms with Gasteiger partial charge in [-0.05, 0) is 29.3 Å². The van der Waals surface area contributed by atoms with E-state index in [1.807, 2.05) is 30.4 Å². The number of hydrogen-bond acceptors (Lipinski definition) is 6. The van der Waals surface area contributed by atoms with Crippen LogP contribution in [0.1, 0.15) is 16.7 Å². The van der Waals surface area contributed by atoms with Crippen LogP contribution >= 0.6 is 0 Å². The van der Waals surface area contributed by atoms with Gasteiger partial charge in [0.2, 0.25) is 5.75 Å². The van der Waals surface area contributed by atoms with Crippen LogP contribution in [0.5, 0.6) is 28.7 Å². The summed E-state index contributed by atoms with van der Waals surface area (Å²) < 4.78 is 27.0. The first-order valence-corrected chi connectivity index (χ1v) is 8.22. The molecule has 0 amide bonds. The van der Waals surface area contributed by atoms with Crippen molar-refractivity contribution in [3.8, 4) is 34.8 Å². The van der Waals surface area contributed by atoms with Gasteiger partial charge in [-0.25, -0.2) is 0 Å². The molecule has 0 aliphatic rings. The molecule has 0 fully saturated rings. The highest BCUT2D eigenvalue weighted by molar-refractivity contribution is 5.78. The molecule has 27 heavy (non-hydrogen) atoms. The molecule has 2 aromatic rings. The minimum absolute atomic E-state index is 0.259. The number of ether oxygens (including phenoxy) is 5. The maximum atomic E-state index is 9.12. The van der Waals surface area contributed by atoms with Gasteiger partial charge in [0.25, 0.3) is 0 Å². The fraction of sp³-hybridized carbons (Fsp3) is 0.286. The molecule has 0 atom stereocenters. The summed E-state index contributed by atoms with van der Waals surface area (Å²) in [6.07, 6.45) is 4.03. The van der Waals surface area contributed by atoms with E-state index in [1.54, 1.807) is 41.6 Å². The Morgan fingerprint density at radius 2 is 1.37 bits per heavy atom. The Labute approximate surface area is 159 Å². The number of nitrogens with zero attached hydrogens (tertiary/aromatic N) is 1. The Balaban J connectivity index is 2.56. The van der Waals surface area contributed by atoms with Gasteiger partial charge in [0.05, 0.1) is 48.0 Å². The molecular weight excluding hydrogens is 346 g/mol. The molecule has 0 spiro atoms. The second-order valence-electron chi connectivity index (χ2n) is 5.50. The maximum Gasteiger partial charge on any atom is 0.203 e. The fourth-order valence-corrected chi connectivity index (χ4v) is 2.79. The van der Waals surface area contributed by atoms with Crippen LogP contribution in [0.4, 0.5) is 0 Å². The lowest BCUT2D eigenvalue weighted by Gasteiger charge is -2.14. The zero-order valence-electron chi connectivity index (χ0n) is 16.2. The molecule has 2 rings (SSSR count). The van der Waals surface area contributed by atoms with Gasteiger partial charge in [-0.2, -0.15) is 5.26 Å². The molecule has 0 bridgehead atoms. The van der Waals surface area contributed by atoms with E-state index in [0.29, 0.717) is 28.7 Å². The molecule has 0 saturated heterocycles. The third-order valence-corrected chi connectivity index (χ3v) is 4.07. The van der Waals surface area contributed by atoms with E-state index in [1.165, 1.54) is 0 Å². The van der Waals surface area contributed by atoms with E-state index in [0.717, 1.165) is 16.7 Å². The average Bonchev–Trinajstić information content (AvgIpc) is 2.71. The first kappa shape index (κ1) is 20.0. The molecular formula is C21H23NO5. The smallest absolute Gasteiger partial charge is 0.203 e.